The fourth-order valence-corrected chi connectivity index (χ4v) is 3.50. The second kappa shape index (κ2) is 9.04. The standard InChI is InChI=1S/C21H22N3O7P/c1-21(2,32(28,29)30)16-6-8-17(9-7-16)23-19(25)12-5-15-13-22-31-20(15)14-3-10-18(11-4-14)24(26)27/h3-4,6-11,13H,5,12H2,1-2H3,(H,23,25)(H2,28,29,30). The van der Waals surface area contributed by atoms with Gasteiger partial charge in [0.1, 0.15) is 0 Å². The Labute approximate surface area is 183 Å². The van der Waals surface area contributed by atoms with Crippen molar-refractivity contribution in [2.24, 2.45) is 0 Å². The van der Waals surface area contributed by atoms with E-state index >= 15 is 0 Å². The number of nitrogens with zero attached hydrogens (tertiary/aromatic N) is 2. The SMILES string of the molecule is CC(C)(c1ccc(NC(=O)CCc2cnoc2-c2ccc([N+](=O)[O-])cc2)cc1)P(=O)(O)O. The summed E-state index contributed by atoms with van der Waals surface area (Å²) >= 11 is 0. The summed E-state index contributed by atoms with van der Waals surface area (Å²) in [4.78, 5) is 41.7. The number of rotatable bonds is 8. The number of nitro groups is 1. The highest BCUT2D eigenvalue weighted by Crippen LogP contribution is 2.56. The Kier molecular flexibility index (Phi) is 6.59. The smallest absolute Gasteiger partial charge is 0.335 e. The molecule has 0 radical (unpaired) electrons. The van der Waals surface area contributed by atoms with Crippen LogP contribution in [0, 0.1) is 10.1 Å². The summed E-state index contributed by atoms with van der Waals surface area (Å²) in [5.41, 5.74) is 2.23. The van der Waals surface area contributed by atoms with Crippen molar-refractivity contribution in [2.75, 3.05) is 5.32 Å². The molecule has 0 saturated heterocycles. The van der Waals surface area contributed by atoms with Crippen LogP contribution in [-0.2, 0) is 20.9 Å². The molecule has 3 rings (SSSR count). The number of benzene rings is 2. The van der Waals surface area contributed by atoms with Gasteiger partial charge in [-0.1, -0.05) is 17.3 Å². The molecule has 0 aliphatic rings. The summed E-state index contributed by atoms with van der Waals surface area (Å²) in [6, 6.07) is 12.2. The van der Waals surface area contributed by atoms with Gasteiger partial charge in [-0.05, 0) is 50.1 Å². The second-order valence-electron chi connectivity index (χ2n) is 7.71. The molecular formula is C21H22N3O7P. The number of aryl methyl sites for hydroxylation is 1. The lowest BCUT2D eigenvalue weighted by atomic mass is 10.0. The van der Waals surface area contributed by atoms with Crippen LogP contribution in [0.3, 0.4) is 0 Å². The van der Waals surface area contributed by atoms with Crippen LogP contribution >= 0.6 is 7.60 Å². The predicted molar refractivity (Wildman–Crippen MR) is 117 cm³/mol. The number of carbonyl (C=O) groups excluding carboxylic acids is 1. The minimum atomic E-state index is -4.35. The molecule has 0 bridgehead atoms. The Morgan fingerprint density at radius 3 is 2.34 bits per heavy atom. The van der Waals surface area contributed by atoms with E-state index in [-0.39, 0.29) is 18.0 Å². The topological polar surface area (TPSA) is 156 Å². The zero-order chi connectivity index (χ0) is 23.5. The first-order valence-corrected chi connectivity index (χ1v) is 11.2. The maximum Gasteiger partial charge on any atom is 0.335 e. The van der Waals surface area contributed by atoms with Crippen molar-refractivity contribution in [3.05, 3.63) is 76.0 Å². The number of hydrogen-bond acceptors (Lipinski definition) is 6. The quantitative estimate of drug-likeness (QED) is 0.257. The average molecular weight is 459 g/mol. The highest BCUT2D eigenvalue weighted by Gasteiger charge is 2.39. The first-order chi connectivity index (χ1) is 15.0. The second-order valence-corrected chi connectivity index (χ2v) is 9.92. The molecule has 0 unspecified atom stereocenters. The van der Waals surface area contributed by atoms with Gasteiger partial charge in [0.25, 0.3) is 5.69 Å². The van der Waals surface area contributed by atoms with E-state index in [1.807, 2.05) is 0 Å². The Balaban J connectivity index is 1.62. The molecule has 11 heteroatoms. The number of carbonyl (C=O) groups is 1. The minimum absolute atomic E-state index is 0.0376. The molecule has 10 nitrogen and oxygen atoms in total. The lowest BCUT2D eigenvalue weighted by molar-refractivity contribution is -0.384. The van der Waals surface area contributed by atoms with E-state index < -0.39 is 17.7 Å². The van der Waals surface area contributed by atoms with Crippen molar-refractivity contribution >= 4 is 24.9 Å². The molecule has 32 heavy (non-hydrogen) atoms. The number of amides is 1. The molecule has 3 N–H and O–H groups in total. The highest BCUT2D eigenvalue weighted by atomic mass is 31.2. The van der Waals surface area contributed by atoms with Crippen LogP contribution in [0.1, 0.15) is 31.4 Å². The summed E-state index contributed by atoms with van der Waals surface area (Å²) in [7, 11) is -4.35. The number of anilines is 1. The van der Waals surface area contributed by atoms with Crippen LogP contribution in [0.4, 0.5) is 11.4 Å². The monoisotopic (exact) mass is 459 g/mol. The van der Waals surface area contributed by atoms with Crippen molar-refractivity contribution in [1.82, 2.24) is 5.16 Å². The Bertz CT molecular complexity index is 1160. The molecule has 0 fully saturated rings. The van der Waals surface area contributed by atoms with Gasteiger partial charge in [0.2, 0.25) is 5.91 Å². The van der Waals surface area contributed by atoms with Crippen molar-refractivity contribution in [3.8, 4) is 11.3 Å². The van der Waals surface area contributed by atoms with E-state index in [4.69, 9.17) is 4.52 Å². The molecular weight excluding hydrogens is 437 g/mol. The van der Waals surface area contributed by atoms with Gasteiger partial charge in [-0.25, -0.2) is 0 Å². The van der Waals surface area contributed by atoms with E-state index in [0.29, 0.717) is 34.6 Å². The predicted octanol–water partition coefficient (Wildman–Crippen LogP) is 4.23. The largest absolute Gasteiger partial charge is 0.356 e. The third kappa shape index (κ3) is 5.11. The molecule has 1 aromatic heterocycles. The summed E-state index contributed by atoms with van der Waals surface area (Å²) in [5.74, 6) is 0.180. The maximum atomic E-state index is 12.4. The highest BCUT2D eigenvalue weighted by molar-refractivity contribution is 7.53. The third-order valence-electron chi connectivity index (χ3n) is 5.21. The number of nitrogens with one attached hydrogen (secondary N) is 1. The molecule has 3 aromatic rings. The van der Waals surface area contributed by atoms with Crippen LogP contribution in [0.15, 0.2) is 59.3 Å². The number of hydrogen-bond donors (Lipinski definition) is 3. The molecule has 168 valence electrons. The maximum absolute atomic E-state index is 12.4. The van der Waals surface area contributed by atoms with Gasteiger partial charge in [-0.2, -0.15) is 0 Å². The Morgan fingerprint density at radius 2 is 1.78 bits per heavy atom. The third-order valence-corrected chi connectivity index (χ3v) is 6.92. The lowest BCUT2D eigenvalue weighted by Crippen LogP contribution is -2.17. The summed E-state index contributed by atoms with van der Waals surface area (Å²) in [6.45, 7) is 2.92. The molecule has 0 aliphatic heterocycles. The van der Waals surface area contributed by atoms with Crippen LogP contribution in [0.25, 0.3) is 11.3 Å². The Morgan fingerprint density at radius 1 is 1.16 bits per heavy atom. The number of non-ortho nitro benzene ring substituents is 1. The van der Waals surface area contributed by atoms with E-state index in [2.05, 4.69) is 10.5 Å². The van der Waals surface area contributed by atoms with Gasteiger partial charge < -0.3 is 19.6 Å². The van der Waals surface area contributed by atoms with Crippen molar-refractivity contribution < 1.29 is 28.6 Å². The van der Waals surface area contributed by atoms with Gasteiger partial charge in [-0.3, -0.25) is 19.5 Å². The first-order valence-electron chi connectivity index (χ1n) is 9.63. The summed E-state index contributed by atoms with van der Waals surface area (Å²) < 4.78 is 16.9. The van der Waals surface area contributed by atoms with Crippen LogP contribution in [0.5, 0.6) is 0 Å². The fourth-order valence-electron chi connectivity index (χ4n) is 3.01. The van der Waals surface area contributed by atoms with E-state index in [9.17, 15) is 29.3 Å². The first kappa shape index (κ1) is 23.3. The van der Waals surface area contributed by atoms with E-state index in [1.54, 1.807) is 36.4 Å². The Hall–Kier alpha value is -3.33. The van der Waals surface area contributed by atoms with E-state index in [1.165, 1.54) is 32.2 Å². The zero-order valence-corrected chi connectivity index (χ0v) is 18.3. The summed E-state index contributed by atoms with van der Waals surface area (Å²) in [5, 5.41) is 16.0. The molecule has 2 aromatic carbocycles. The van der Waals surface area contributed by atoms with Gasteiger partial charge in [-0.15, -0.1) is 0 Å². The molecule has 0 spiro atoms. The van der Waals surface area contributed by atoms with Crippen molar-refractivity contribution in [3.63, 3.8) is 0 Å². The number of aromatic nitrogens is 1. The molecule has 1 amide bonds. The van der Waals surface area contributed by atoms with Crippen LogP contribution in [-0.4, -0.2) is 25.8 Å². The van der Waals surface area contributed by atoms with Gasteiger partial charge in [0, 0.05) is 35.4 Å². The van der Waals surface area contributed by atoms with Gasteiger partial charge >= 0.3 is 7.60 Å². The average Bonchev–Trinajstić information content (AvgIpc) is 3.20. The normalized spacial score (nSPS) is 11.9. The lowest BCUT2D eigenvalue weighted by Gasteiger charge is -2.26. The van der Waals surface area contributed by atoms with Crippen LogP contribution in [0.2, 0.25) is 0 Å². The van der Waals surface area contributed by atoms with E-state index in [0.717, 1.165) is 0 Å². The molecule has 1 heterocycles. The molecule has 0 saturated carbocycles. The minimum Gasteiger partial charge on any atom is -0.356 e. The number of nitro benzene ring substituents is 1. The fraction of sp³-hybridized carbons (Fsp3) is 0.238. The van der Waals surface area contributed by atoms with Crippen molar-refractivity contribution in [2.45, 2.75) is 31.8 Å². The molecule has 0 atom stereocenters. The van der Waals surface area contributed by atoms with Crippen LogP contribution < -0.4 is 5.32 Å². The summed E-state index contributed by atoms with van der Waals surface area (Å²) in [6.07, 6.45) is 1.98. The molecule has 0 aliphatic carbocycles. The van der Waals surface area contributed by atoms with Gasteiger partial charge in [0.15, 0.2) is 5.76 Å². The van der Waals surface area contributed by atoms with Crippen molar-refractivity contribution in [1.29, 1.82) is 0 Å². The zero-order valence-electron chi connectivity index (χ0n) is 17.4. The van der Waals surface area contributed by atoms with Gasteiger partial charge in [0.05, 0.1) is 16.3 Å².